The lowest BCUT2D eigenvalue weighted by atomic mass is 9.96. The fraction of sp³-hybridized carbons (Fsp3) is 1.00. The number of rotatable bonds is 11. The highest BCUT2D eigenvalue weighted by Gasteiger charge is 2.53. The van der Waals surface area contributed by atoms with Crippen LogP contribution in [0.5, 0.6) is 0 Å². The van der Waals surface area contributed by atoms with Gasteiger partial charge in [0.25, 0.3) is 0 Å². The van der Waals surface area contributed by atoms with Crippen LogP contribution in [0.15, 0.2) is 0 Å². The van der Waals surface area contributed by atoms with Crippen LogP contribution in [0.25, 0.3) is 0 Å². The summed E-state index contributed by atoms with van der Waals surface area (Å²) in [6.45, 7) is -3.50. The number of hydrogen-bond donors (Lipinski definition) is 12. The summed E-state index contributed by atoms with van der Waals surface area (Å²) in [5.74, 6) is 0. The van der Waals surface area contributed by atoms with Crippen molar-refractivity contribution in [3.05, 3.63) is 0 Å². The highest BCUT2D eigenvalue weighted by Crippen LogP contribution is 2.32. The Morgan fingerprint density at radius 1 is 0.513 bits per heavy atom. The Kier molecular flexibility index (Phi) is 12.1. The molecule has 230 valence electrons. The van der Waals surface area contributed by atoms with Gasteiger partial charge in [-0.3, -0.25) is 0 Å². The fourth-order valence-electron chi connectivity index (χ4n) is 4.44. The molecule has 39 heavy (non-hydrogen) atoms. The maximum absolute atomic E-state index is 10.7. The fourth-order valence-corrected chi connectivity index (χ4v) is 4.44. The van der Waals surface area contributed by atoms with Gasteiger partial charge in [-0.1, -0.05) is 0 Å². The van der Waals surface area contributed by atoms with E-state index in [1.807, 2.05) is 0 Å². The molecule has 12 N–H and O–H groups in total. The molecular formula is C21H38O18. The van der Waals surface area contributed by atoms with Gasteiger partial charge in [0.15, 0.2) is 18.9 Å². The van der Waals surface area contributed by atoms with Crippen molar-refractivity contribution in [2.24, 2.45) is 0 Å². The predicted octanol–water partition coefficient (Wildman–Crippen LogP) is -8.20. The van der Waals surface area contributed by atoms with Gasteiger partial charge in [-0.25, -0.2) is 0 Å². The van der Waals surface area contributed by atoms with E-state index in [0.29, 0.717) is 0 Å². The monoisotopic (exact) mass is 578 g/mol. The van der Waals surface area contributed by atoms with Gasteiger partial charge in [0, 0.05) is 0 Å². The maximum atomic E-state index is 10.7. The molecule has 3 heterocycles. The Labute approximate surface area is 221 Å². The second kappa shape index (κ2) is 14.4. The van der Waals surface area contributed by atoms with Crippen LogP contribution in [-0.2, 0) is 28.4 Å². The second-order valence-electron chi connectivity index (χ2n) is 9.48. The summed E-state index contributed by atoms with van der Waals surface area (Å²) in [6.07, 6.45) is -26.5. The molecular weight excluding hydrogens is 540 g/mol. The molecule has 18 nitrogen and oxygen atoms in total. The van der Waals surface area contributed by atoms with Gasteiger partial charge in [-0.05, 0) is 0 Å². The molecule has 0 aromatic carbocycles. The summed E-state index contributed by atoms with van der Waals surface area (Å²) < 4.78 is 32.2. The van der Waals surface area contributed by atoms with E-state index >= 15 is 0 Å². The molecule has 18 heteroatoms. The number of hydrogen-bond acceptors (Lipinski definition) is 18. The molecule has 3 saturated heterocycles. The van der Waals surface area contributed by atoms with Crippen molar-refractivity contribution in [3.63, 3.8) is 0 Å². The highest BCUT2D eigenvalue weighted by atomic mass is 16.8. The zero-order valence-electron chi connectivity index (χ0n) is 20.6. The maximum Gasteiger partial charge on any atom is 0.187 e. The molecule has 0 spiro atoms. The third kappa shape index (κ3) is 7.20. The SMILES string of the molecule is OCC(O)CO[C@H]1O[C@H](CO)[C@H](O[C@H]2O[C@H](CO)[C@H](O[C@H]3O[C@H](CO)[C@H](O)[C@H](O)[C@H]3O)[C@H](O)[C@H]2O)[C@H](O)[C@H]1O. The average Bonchev–Trinajstić information content (AvgIpc) is 2.94. The number of ether oxygens (including phenoxy) is 6. The smallest absolute Gasteiger partial charge is 0.187 e. The number of aliphatic hydroxyl groups excluding tert-OH is 12. The van der Waals surface area contributed by atoms with Crippen LogP contribution in [0, 0.1) is 0 Å². The number of aliphatic hydroxyl groups is 12. The lowest BCUT2D eigenvalue weighted by Gasteiger charge is -2.48. The molecule has 1 unspecified atom stereocenters. The van der Waals surface area contributed by atoms with E-state index in [4.69, 9.17) is 33.5 Å². The van der Waals surface area contributed by atoms with Crippen LogP contribution < -0.4 is 0 Å². The minimum absolute atomic E-state index is 0.473. The van der Waals surface area contributed by atoms with Crippen LogP contribution in [0.1, 0.15) is 0 Å². The highest BCUT2D eigenvalue weighted by molar-refractivity contribution is 4.96. The van der Waals surface area contributed by atoms with Crippen molar-refractivity contribution in [1.82, 2.24) is 0 Å². The molecule has 3 aliphatic rings. The molecule has 16 atom stereocenters. The Hall–Kier alpha value is -0.720. The lowest BCUT2D eigenvalue weighted by Crippen LogP contribution is -2.66. The van der Waals surface area contributed by atoms with Crippen molar-refractivity contribution in [1.29, 1.82) is 0 Å². The van der Waals surface area contributed by atoms with E-state index in [1.165, 1.54) is 0 Å². The van der Waals surface area contributed by atoms with Crippen LogP contribution in [0.4, 0.5) is 0 Å². The van der Waals surface area contributed by atoms with Gasteiger partial charge in [0.05, 0.1) is 33.0 Å². The van der Waals surface area contributed by atoms with E-state index in [-0.39, 0.29) is 0 Å². The van der Waals surface area contributed by atoms with E-state index in [2.05, 4.69) is 0 Å². The molecule has 3 rings (SSSR count). The van der Waals surface area contributed by atoms with Crippen molar-refractivity contribution >= 4 is 0 Å². The van der Waals surface area contributed by atoms with Gasteiger partial charge in [0.2, 0.25) is 0 Å². The first kappa shape index (κ1) is 32.8. The van der Waals surface area contributed by atoms with Crippen LogP contribution in [0.2, 0.25) is 0 Å². The molecule has 3 aliphatic heterocycles. The normalized spacial score (nSPS) is 48.2. The van der Waals surface area contributed by atoms with Crippen molar-refractivity contribution in [3.8, 4) is 0 Å². The first-order valence-electron chi connectivity index (χ1n) is 12.3. The molecule has 0 saturated carbocycles. The quantitative estimate of drug-likeness (QED) is 0.108. The van der Waals surface area contributed by atoms with E-state index in [1.54, 1.807) is 0 Å². The largest absolute Gasteiger partial charge is 0.394 e. The Balaban J connectivity index is 1.68. The summed E-state index contributed by atoms with van der Waals surface area (Å²) in [5.41, 5.74) is 0. The summed E-state index contributed by atoms with van der Waals surface area (Å²) in [5, 5.41) is 120. The zero-order chi connectivity index (χ0) is 29.0. The van der Waals surface area contributed by atoms with E-state index in [0.717, 1.165) is 0 Å². The van der Waals surface area contributed by atoms with Gasteiger partial charge in [-0.2, -0.15) is 0 Å². The molecule has 0 aromatic rings. The summed E-state index contributed by atoms with van der Waals surface area (Å²) in [6, 6.07) is 0. The van der Waals surface area contributed by atoms with Crippen molar-refractivity contribution in [2.75, 3.05) is 33.0 Å². The molecule has 0 amide bonds. The van der Waals surface area contributed by atoms with E-state index in [9.17, 15) is 56.2 Å². The van der Waals surface area contributed by atoms with Crippen molar-refractivity contribution in [2.45, 2.75) is 98.2 Å². The summed E-state index contributed by atoms with van der Waals surface area (Å²) in [4.78, 5) is 0. The Morgan fingerprint density at radius 3 is 1.38 bits per heavy atom. The van der Waals surface area contributed by atoms with Gasteiger partial charge < -0.3 is 89.7 Å². The zero-order valence-corrected chi connectivity index (χ0v) is 20.6. The Bertz CT molecular complexity index is 727. The molecule has 3 fully saturated rings. The first-order chi connectivity index (χ1) is 18.5. The molecule has 0 aliphatic carbocycles. The van der Waals surface area contributed by atoms with Gasteiger partial charge in [-0.15, -0.1) is 0 Å². The first-order valence-corrected chi connectivity index (χ1v) is 12.3. The molecule has 0 radical (unpaired) electrons. The average molecular weight is 579 g/mol. The van der Waals surface area contributed by atoms with Crippen LogP contribution >= 0.6 is 0 Å². The predicted molar refractivity (Wildman–Crippen MR) is 118 cm³/mol. The minimum atomic E-state index is -1.94. The summed E-state index contributed by atoms with van der Waals surface area (Å²) >= 11 is 0. The standard InChI is InChI=1S/C21H38O18/c22-1-6(26)5-34-19-15(32)12(29)17(8(3-24)36-19)39-21-16(33)13(30)18(9(4-25)37-21)38-20-14(31)11(28)10(27)7(2-23)35-20/h6-33H,1-5H2/t6?,7-,8-,9-,10+,11+,12-,13-,14-,15-,16-,17+,18+,19+,20-,21-/m1/s1. The van der Waals surface area contributed by atoms with E-state index < -0.39 is 131 Å². The van der Waals surface area contributed by atoms with Crippen LogP contribution in [-0.4, -0.2) is 193 Å². The topological polar surface area (TPSA) is 298 Å². The molecule has 0 aromatic heterocycles. The second-order valence-corrected chi connectivity index (χ2v) is 9.48. The third-order valence-electron chi connectivity index (χ3n) is 6.74. The minimum Gasteiger partial charge on any atom is -0.394 e. The Morgan fingerprint density at radius 2 is 0.923 bits per heavy atom. The van der Waals surface area contributed by atoms with Crippen molar-refractivity contribution < 1.29 is 89.7 Å². The summed E-state index contributed by atoms with van der Waals surface area (Å²) in [7, 11) is 0. The van der Waals surface area contributed by atoms with Gasteiger partial charge in [0.1, 0.15) is 79.4 Å². The lowest BCUT2D eigenvalue weighted by molar-refractivity contribution is -0.379. The third-order valence-corrected chi connectivity index (χ3v) is 6.74. The molecule has 0 bridgehead atoms. The van der Waals surface area contributed by atoms with Crippen LogP contribution in [0.3, 0.4) is 0 Å². The van der Waals surface area contributed by atoms with Gasteiger partial charge >= 0.3 is 0 Å².